The van der Waals surface area contributed by atoms with E-state index in [2.05, 4.69) is 6.58 Å². The van der Waals surface area contributed by atoms with Crippen LogP contribution in [0.15, 0.2) is 12.2 Å². The fourth-order valence-electron chi connectivity index (χ4n) is 1.17. The van der Waals surface area contributed by atoms with E-state index in [0.717, 1.165) is 25.0 Å². The van der Waals surface area contributed by atoms with Crippen LogP contribution in [0, 0.1) is 0 Å². The molecule has 2 N–H and O–H groups in total. The zero-order valence-corrected chi connectivity index (χ0v) is 7.42. The highest BCUT2D eigenvalue weighted by atomic mass is 16.5. The first-order valence-corrected chi connectivity index (χ1v) is 4.39. The molecule has 1 fully saturated rings. The predicted octanol–water partition coefficient (Wildman–Crippen LogP) is 0.697. The van der Waals surface area contributed by atoms with Crippen LogP contribution in [0.25, 0.3) is 0 Å². The van der Waals surface area contributed by atoms with Crippen molar-refractivity contribution in [3.8, 4) is 0 Å². The van der Waals surface area contributed by atoms with Crippen molar-refractivity contribution in [3.63, 3.8) is 0 Å². The van der Waals surface area contributed by atoms with Crippen LogP contribution in [0.4, 0.5) is 0 Å². The summed E-state index contributed by atoms with van der Waals surface area (Å²) in [5.74, 6) is 0. The molecule has 1 aliphatic heterocycles. The smallest absolute Gasteiger partial charge is 0.0809 e. The lowest BCUT2D eigenvalue weighted by molar-refractivity contribution is 0.0247. The van der Waals surface area contributed by atoms with Gasteiger partial charge >= 0.3 is 0 Å². The summed E-state index contributed by atoms with van der Waals surface area (Å²) >= 11 is 0. The number of hydrogen-bond donors (Lipinski definition) is 1. The summed E-state index contributed by atoms with van der Waals surface area (Å²) in [6, 6.07) is 0. The van der Waals surface area contributed by atoms with E-state index in [1.165, 1.54) is 0 Å². The highest BCUT2D eigenvalue weighted by Crippen LogP contribution is 2.11. The van der Waals surface area contributed by atoms with Crippen molar-refractivity contribution in [1.82, 2.24) is 0 Å². The largest absolute Gasteiger partial charge is 0.376 e. The zero-order chi connectivity index (χ0) is 8.81. The maximum absolute atomic E-state index is 5.38. The second-order valence-corrected chi connectivity index (χ2v) is 3.10. The molecule has 1 heterocycles. The van der Waals surface area contributed by atoms with Crippen molar-refractivity contribution >= 4 is 0 Å². The van der Waals surface area contributed by atoms with Crippen LogP contribution in [-0.2, 0) is 9.47 Å². The Labute approximate surface area is 73.5 Å². The van der Waals surface area contributed by atoms with E-state index in [1.807, 2.05) is 0 Å². The molecule has 0 spiro atoms. The van der Waals surface area contributed by atoms with Gasteiger partial charge in [0.15, 0.2) is 0 Å². The Bertz CT molecular complexity index is 141. The standard InChI is InChI=1S/C9H17NO2/c1-8(5-10)6-11-7-9-3-2-4-12-9/h9H,1-7,10H2. The second-order valence-electron chi connectivity index (χ2n) is 3.10. The first-order chi connectivity index (χ1) is 5.83. The minimum Gasteiger partial charge on any atom is -0.376 e. The van der Waals surface area contributed by atoms with Gasteiger partial charge in [0.25, 0.3) is 0 Å². The Morgan fingerprint density at radius 2 is 2.50 bits per heavy atom. The van der Waals surface area contributed by atoms with Crippen LogP contribution in [0.1, 0.15) is 12.8 Å². The van der Waals surface area contributed by atoms with Crippen LogP contribution in [0.3, 0.4) is 0 Å². The van der Waals surface area contributed by atoms with Gasteiger partial charge in [-0.25, -0.2) is 0 Å². The molecule has 1 aliphatic rings. The van der Waals surface area contributed by atoms with Crippen molar-refractivity contribution < 1.29 is 9.47 Å². The van der Waals surface area contributed by atoms with E-state index in [9.17, 15) is 0 Å². The first-order valence-electron chi connectivity index (χ1n) is 4.39. The lowest BCUT2D eigenvalue weighted by Gasteiger charge is -2.10. The maximum Gasteiger partial charge on any atom is 0.0809 e. The summed E-state index contributed by atoms with van der Waals surface area (Å²) < 4.78 is 10.7. The third-order valence-electron chi connectivity index (χ3n) is 1.92. The molecule has 3 nitrogen and oxygen atoms in total. The van der Waals surface area contributed by atoms with Gasteiger partial charge in [0.2, 0.25) is 0 Å². The molecule has 1 unspecified atom stereocenters. The lowest BCUT2D eigenvalue weighted by atomic mass is 10.2. The van der Waals surface area contributed by atoms with E-state index in [-0.39, 0.29) is 0 Å². The second kappa shape index (κ2) is 5.30. The van der Waals surface area contributed by atoms with Gasteiger partial charge in [0.05, 0.1) is 19.3 Å². The Morgan fingerprint density at radius 3 is 3.08 bits per heavy atom. The lowest BCUT2D eigenvalue weighted by Crippen LogP contribution is -2.16. The van der Waals surface area contributed by atoms with Crippen LogP contribution in [-0.4, -0.2) is 32.5 Å². The SMILES string of the molecule is C=C(CN)COCC1CCCO1. The summed E-state index contributed by atoms with van der Waals surface area (Å²) in [4.78, 5) is 0. The van der Waals surface area contributed by atoms with Gasteiger partial charge in [-0.15, -0.1) is 0 Å². The van der Waals surface area contributed by atoms with Crippen molar-refractivity contribution in [2.24, 2.45) is 5.73 Å². The van der Waals surface area contributed by atoms with E-state index < -0.39 is 0 Å². The highest BCUT2D eigenvalue weighted by molar-refractivity contribution is 4.95. The fraction of sp³-hybridized carbons (Fsp3) is 0.778. The average molecular weight is 171 g/mol. The molecular weight excluding hydrogens is 154 g/mol. The summed E-state index contributed by atoms with van der Waals surface area (Å²) in [6.45, 7) is 6.38. The average Bonchev–Trinajstić information content (AvgIpc) is 2.57. The monoisotopic (exact) mass is 171 g/mol. The minimum absolute atomic E-state index is 0.301. The third-order valence-corrected chi connectivity index (χ3v) is 1.92. The van der Waals surface area contributed by atoms with E-state index in [0.29, 0.717) is 25.9 Å². The van der Waals surface area contributed by atoms with Gasteiger partial charge in [0.1, 0.15) is 0 Å². The molecule has 1 rings (SSSR count). The third kappa shape index (κ3) is 3.34. The molecule has 3 heteroatoms. The maximum atomic E-state index is 5.38. The first kappa shape index (κ1) is 9.71. The summed E-state index contributed by atoms with van der Waals surface area (Å²) in [6.07, 6.45) is 2.58. The summed E-state index contributed by atoms with van der Waals surface area (Å²) in [5.41, 5.74) is 6.29. The van der Waals surface area contributed by atoms with Crippen molar-refractivity contribution in [2.45, 2.75) is 18.9 Å². The Balaban J connectivity index is 1.97. The van der Waals surface area contributed by atoms with Gasteiger partial charge in [-0.1, -0.05) is 6.58 Å². The van der Waals surface area contributed by atoms with Gasteiger partial charge in [-0.05, 0) is 18.4 Å². The molecule has 1 atom stereocenters. The van der Waals surface area contributed by atoms with Gasteiger partial charge in [0, 0.05) is 13.2 Å². The number of nitrogens with two attached hydrogens (primary N) is 1. The van der Waals surface area contributed by atoms with Gasteiger partial charge in [-0.3, -0.25) is 0 Å². The zero-order valence-electron chi connectivity index (χ0n) is 7.42. The molecule has 0 aliphatic carbocycles. The minimum atomic E-state index is 0.301. The molecular formula is C9H17NO2. The summed E-state index contributed by atoms with van der Waals surface area (Å²) in [7, 11) is 0. The van der Waals surface area contributed by atoms with Crippen LogP contribution in [0.2, 0.25) is 0 Å². The molecule has 0 saturated carbocycles. The predicted molar refractivity (Wildman–Crippen MR) is 48.0 cm³/mol. The van der Waals surface area contributed by atoms with Crippen molar-refractivity contribution in [1.29, 1.82) is 0 Å². The molecule has 0 amide bonds. The molecule has 0 bridgehead atoms. The van der Waals surface area contributed by atoms with Crippen molar-refractivity contribution in [3.05, 3.63) is 12.2 Å². The van der Waals surface area contributed by atoms with E-state index in [4.69, 9.17) is 15.2 Å². The molecule has 70 valence electrons. The molecule has 1 saturated heterocycles. The van der Waals surface area contributed by atoms with Crippen LogP contribution < -0.4 is 5.73 Å². The van der Waals surface area contributed by atoms with E-state index in [1.54, 1.807) is 0 Å². The number of ether oxygens (including phenoxy) is 2. The number of rotatable bonds is 5. The molecule has 0 aromatic heterocycles. The van der Waals surface area contributed by atoms with Crippen LogP contribution >= 0.6 is 0 Å². The van der Waals surface area contributed by atoms with Crippen LogP contribution in [0.5, 0.6) is 0 Å². The Hall–Kier alpha value is -0.380. The van der Waals surface area contributed by atoms with Gasteiger partial charge in [-0.2, -0.15) is 0 Å². The molecule has 0 aromatic carbocycles. The van der Waals surface area contributed by atoms with E-state index >= 15 is 0 Å². The number of hydrogen-bond acceptors (Lipinski definition) is 3. The van der Waals surface area contributed by atoms with Crippen molar-refractivity contribution in [2.75, 3.05) is 26.4 Å². The Kier molecular flexibility index (Phi) is 4.29. The molecule has 0 aromatic rings. The fourth-order valence-corrected chi connectivity index (χ4v) is 1.17. The van der Waals surface area contributed by atoms with Gasteiger partial charge < -0.3 is 15.2 Å². The topological polar surface area (TPSA) is 44.5 Å². The molecule has 0 radical (unpaired) electrons. The normalized spacial score (nSPS) is 22.9. The quantitative estimate of drug-likeness (QED) is 0.619. The summed E-state index contributed by atoms with van der Waals surface area (Å²) in [5, 5.41) is 0. The Morgan fingerprint density at radius 1 is 1.67 bits per heavy atom. The highest BCUT2D eigenvalue weighted by Gasteiger charge is 2.14. The molecule has 12 heavy (non-hydrogen) atoms.